The number of hydrogen-bond donors (Lipinski definition) is 1. The van der Waals surface area contributed by atoms with Crippen LogP contribution in [0.4, 0.5) is 0 Å². The van der Waals surface area contributed by atoms with Gasteiger partial charge in [0.25, 0.3) is 11.8 Å². The van der Waals surface area contributed by atoms with E-state index in [1.165, 1.54) is 30.6 Å². The van der Waals surface area contributed by atoms with E-state index in [0.717, 1.165) is 5.56 Å². The number of imide groups is 1. The summed E-state index contributed by atoms with van der Waals surface area (Å²) >= 11 is 1.50. The van der Waals surface area contributed by atoms with E-state index in [2.05, 4.69) is 5.32 Å². The topological polar surface area (TPSA) is 81.7 Å². The molecule has 2 rings (SSSR count). The van der Waals surface area contributed by atoms with Gasteiger partial charge in [-0.05, 0) is 40.6 Å². The summed E-state index contributed by atoms with van der Waals surface area (Å²) in [5, 5.41) is 5.88. The predicted octanol–water partition coefficient (Wildman–Crippen LogP) is 2.27. The summed E-state index contributed by atoms with van der Waals surface area (Å²) in [6, 6.07) is 8.33. The van der Waals surface area contributed by atoms with Gasteiger partial charge in [0, 0.05) is 6.08 Å². The van der Waals surface area contributed by atoms with Crippen LogP contribution in [0.15, 0.2) is 47.2 Å². The van der Waals surface area contributed by atoms with Crippen LogP contribution in [0, 0.1) is 0 Å². The van der Waals surface area contributed by atoms with Gasteiger partial charge >= 0.3 is 5.97 Å². The second kappa shape index (κ2) is 8.64. The Morgan fingerprint density at radius 1 is 1.21 bits per heavy atom. The van der Waals surface area contributed by atoms with Crippen molar-refractivity contribution < 1.29 is 23.9 Å². The number of amides is 2. The fourth-order valence-electron chi connectivity index (χ4n) is 1.78. The third-order valence-corrected chi connectivity index (χ3v) is 3.61. The highest BCUT2D eigenvalue weighted by Gasteiger charge is 2.15. The minimum atomic E-state index is -0.719. The molecule has 0 aliphatic rings. The Bertz CT molecular complexity index is 752. The summed E-state index contributed by atoms with van der Waals surface area (Å²) in [6.07, 6.45) is 2.80. The molecule has 1 N–H and O–H groups in total. The van der Waals surface area contributed by atoms with Crippen molar-refractivity contribution in [1.82, 2.24) is 5.32 Å². The lowest BCUT2D eigenvalue weighted by molar-refractivity contribution is -0.143. The van der Waals surface area contributed by atoms with E-state index in [1.807, 2.05) is 16.8 Å². The molecule has 0 aliphatic heterocycles. The number of nitrogens with one attached hydrogen (secondary N) is 1. The number of ether oxygens (including phenoxy) is 2. The number of esters is 1. The monoisotopic (exact) mass is 345 g/mol. The van der Waals surface area contributed by atoms with Crippen molar-refractivity contribution in [2.24, 2.45) is 0 Å². The van der Waals surface area contributed by atoms with Crippen molar-refractivity contribution in [3.63, 3.8) is 0 Å². The molecule has 0 saturated heterocycles. The minimum absolute atomic E-state index is 0.219. The van der Waals surface area contributed by atoms with Gasteiger partial charge in [0.15, 0.2) is 6.61 Å². The van der Waals surface area contributed by atoms with Gasteiger partial charge < -0.3 is 9.47 Å². The van der Waals surface area contributed by atoms with Crippen LogP contribution in [0.2, 0.25) is 0 Å². The first-order chi connectivity index (χ1) is 11.6. The van der Waals surface area contributed by atoms with Crippen LogP contribution in [0.3, 0.4) is 0 Å². The summed E-state index contributed by atoms with van der Waals surface area (Å²) in [5.41, 5.74) is 1.09. The molecule has 6 nitrogen and oxygen atoms in total. The van der Waals surface area contributed by atoms with Crippen molar-refractivity contribution in [2.75, 3.05) is 13.7 Å². The summed E-state index contributed by atoms with van der Waals surface area (Å²) < 4.78 is 9.83. The molecule has 0 radical (unpaired) electrons. The standard InChI is InChI=1S/C17H15NO5S/c1-22-14-5-3-2-4-13(14)17(21)18-15(19)10-23-16(20)7-6-12-8-9-24-11-12/h2-9,11H,10H2,1H3,(H,18,19,21)/b7-6+. The van der Waals surface area contributed by atoms with Crippen LogP contribution in [-0.2, 0) is 14.3 Å². The number of carbonyl (C=O) groups is 3. The number of methoxy groups -OCH3 is 1. The molecule has 0 atom stereocenters. The molecule has 0 unspecified atom stereocenters. The fraction of sp³-hybridized carbons (Fsp3) is 0.118. The van der Waals surface area contributed by atoms with E-state index >= 15 is 0 Å². The molecule has 0 aliphatic carbocycles. The van der Waals surface area contributed by atoms with E-state index in [9.17, 15) is 14.4 Å². The number of rotatable bonds is 6. The van der Waals surface area contributed by atoms with Crippen molar-refractivity contribution in [3.8, 4) is 5.75 Å². The summed E-state index contributed by atoms with van der Waals surface area (Å²) in [7, 11) is 1.43. The Kier molecular flexibility index (Phi) is 6.27. The quantitative estimate of drug-likeness (QED) is 0.641. The lowest BCUT2D eigenvalue weighted by atomic mass is 10.2. The summed E-state index contributed by atoms with van der Waals surface area (Å²) in [4.78, 5) is 35.2. The Hall–Kier alpha value is -2.93. The second-order valence-electron chi connectivity index (χ2n) is 4.58. The molecule has 0 fully saturated rings. The highest BCUT2D eigenvalue weighted by molar-refractivity contribution is 7.08. The normalized spacial score (nSPS) is 10.4. The average Bonchev–Trinajstić information content (AvgIpc) is 3.11. The molecule has 1 aromatic carbocycles. The highest BCUT2D eigenvalue weighted by Crippen LogP contribution is 2.16. The van der Waals surface area contributed by atoms with Gasteiger partial charge in [0.2, 0.25) is 0 Å². The van der Waals surface area contributed by atoms with Crippen molar-refractivity contribution in [3.05, 3.63) is 58.3 Å². The molecule has 24 heavy (non-hydrogen) atoms. The SMILES string of the molecule is COc1ccccc1C(=O)NC(=O)COC(=O)/C=C/c1ccsc1. The first kappa shape index (κ1) is 17.4. The zero-order chi connectivity index (χ0) is 17.4. The highest BCUT2D eigenvalue weighted by atomic mass is 32.1. The van der Waals surface area contributed by atoms with Gasteiger partial charge in [-0.1, -0.05) is 12.1 Å². The van der Waals surface area contributed by atoms with Crippen LogP contribution in [0.1, 0.15) is 15.9 Å². The Balaban J connectivity index is 1.82. The largest absolute Gasteiger partial charge is 0.496 e. The summed E-state index contributed by atoms with van der Waals surface area (Å²) in [6.45, 7) is -0.548. The number of carbonyl (C=O) groups excluding carboxylic acids is 3. The Labute approximate surface area is 142 Å². The molecule has 1 heterocycles. The molecular formula is C17H15NO5S. The molecule has 7 heteroatoms. The zero-order valence-corrected chi connectivity index (χ0v) is 13.7. The molecule has 124 valence electrons. The number of benzene rings is 1. The lowest BCUT2D eigenvalue weighted by Gasteiger charge is -2.08. The first-order valence-corrected chi connectivity index (χ1v) is 7.88. The second-order valence-corrected chi connectivity index (χ2v) is 5.36. The molecule has 2 amide bonds. The Morgan fingerprint density at radius 3 is 2.71 bits per heavy atom. The summed E-state index contributed by atoms with van der Waals surface area (Å²) in [5.74, 6) is -1.66. The zero-order valence-electron chi connectivity index (χ0n) is 12.9. The van der Waals surface area contributed by atoms with E-state index in [-0.39, 0.29) is 5.56 Å². The number of para-hydroxylation sites is 1. The maximum atomic E-state index is 12.0. The molecule has 2 aromatic rings. The van der Waals surface area contributed by atoms with E-state index in [0.29, 0.717) is 5.75 Å². The van der Waals surface area contributed by atoms with E-state index in [4.69, 9.17) is 9.47 Å². The van der Waals surface area contributed by atoms with Gasteiger partial charge in [-0.25, -0.2) is 4.79 Å². The smallest absolute Gasteiger partial charge is 0.331 e. The fourth-order valence-corrected chi connectivity index (χ4v) is 2.41. The third kappa shape index (κ3) is 5.06. The lowest BCUT2D eigenvalue weighted by Crippen LogP contribution is -2.34. The van der Waals surface area contributed by atoms with Crippen LogP contribution in [0.5, 0.6) is 5.75 Å². The number of hydrogen-bond acceptors (Lipinski definition) is 6. The Morgan fingerprint density at radius 2 is 2.00 bits per heavy atom. The van der Waals surface area contributed by atoms with Gasteiger partial charge in [-0.3, -0.25) is 14.9 Å². The molecule has 0 spiro atoms. The van der Waals surface area contributed by atoms with E-state index in [1.54, 1.807) is 24.3 Å². The van der Waals surface area contributed by atoms with Crippen molar-refractivity contribution in [1.29, 1.82) is 0 Å². The first-order valence-electron chi connectivity index (χ1n) is 6.94. The number of thiophene rings is 1. The maximum Gasteiger partial charge on any atom is 0.331 e. The van der Waals surface area contributed by atoms with Crippen molar-refractivity contribution >= 4 is 35.2 Å². The molecule has 1 aromatic heterocycles. The van der Waals surface area contributed by atoms with Gasteiger partial charge in [-0.2, -0.15) is 11.3 Å². The van der Waals surface area contributed by atoms with Crippen LogP contribution < -0.4 is 10.1 Å². The average molecular weight is 345 g/mol. The van der Waals surface area contributed by atoms with Gasteiger partial charge in [0.05, 0.1) is 12.7 Å². The molecular weight excluding hydrogens is 330 g/mol. The predicted molar refractivity (Wildman–Crippen MR) is 89.8 cm³/mol. The minimum Gasteiger partial charge on any atom is -0.496 e. The third-order valence-electron chi connectivity index (χ3n) is 2.91. The molecule has 0 saturated carbocycles. The van der Waals surface area contributed by atoms with Gasteiger partial charge in [0.1, 0.15) is 5.75 Å². The van der Waals surface area contributed by atoms with E-state index < -0.39 is 24.4 Å². The van der Waals surface area contributed by atoms with Gasteiger partial charge in [-0.15, -0.1) is 0 Å². The van der Waals surface area contributed by atoms with Crippen molar-refractivity contribution in [2.45, 2.75) is 0 Å². The van der Waals surface area contributed by atoms with Crippen LogP contribution in [0.25, 0.3) is 6.08 Å². The van der Waals surface area contributed by atoms with Crippen LogP contribution in [-0.4, -0.2) is 31.5 Å². The van der Waals surface area contributed by atoms with Crippen LogP contribution >= 0.6 is 11.3 Å². The maximum absolute atomic E-state index is 12.0. The molecule has 0 bridgehead atoms.